The minimum atomic E-state index is -0.0783. The number of hydrogen-bond acceptors (Lipinski definition) is 4. The number of H-pyrrole nitrogens is 1. The summed E-state index contributed by atoms with van der Waals surface area (Å²) in [5.41, 5.74) is 2.84. The van der Waals surface area contributed by atoms with Crippen LogP contribution in [0.1, 0.15) is 53.8 Å². The number of rotatable bonds is 3. The molecule has 2 saturated heterocycles. The van der Waals surface area contributed by atoms with Gasteiger partial charge in [0.25, 0.3) is 5.91 Å². The lowest BCUT2D eigenvalue weighted by Crippen LogP contribution is -2.51. The van der Waals surface area contributed by atoms with E-state index in [0.29, 0.717) is 5.69 Å². The molecule has 0 unspecified atom stereocenters. The highest BCUT2D eigenvalue weighted by Gasteiger charge is 2.35. The van der Waals surface area contributed by atoms with Crippen molar-refractivity contribution >= 4 is 5.91 Å². The third-order valence-electron chi connectivity index (χ3n) is 6.18. The average molecular weight is 331 g/mol. The van der Waals surface area contributed by atoms with Crippen molar-refractivity contribution in [2.24, 2.45) is 5.92 Å². The van der Waals surface area contributed by atoms with E-state index in [9.17, 15) is 4.79 Å². The summed E-state index contributed by atoms with van der Waals surface area (Å²) in [6.45, 7) is 5.70. The van der Waals surface area contributed by atoms with E-state index in [2.05, 4.69) is 25.3 Å². The molecule has 2 N–H and O–H groups in total. The summed E-state index contributed by atoms with van der Waals surface area (Å²) in [6, 6.07) is 0.789. The van der Waals surface area contributed by atoms with Crippen LogP contribution in [0.4, 0.5) is 0 Å². The lowest BCUT2D eigenvalue weighted by atomic mass is 9.83. The van der Waals surface area contributed by atoms with Gasteiger partial charge < -0.3 is 10.2 Å². The zero-order valence-electron chi connectivity index (χ0n) is 14.7. The molecular weight excluding hydrogens is 302 g/mol. The zero-order valence-corrected chi connectivity index (χ0v) is 14.7. The Morgan fingerprint density at radius 1 is 1.25 bits per heavy atom. The first kappa shape index (κ1) is 16.1. The number of amides is 1. The highest BCUT2D eigenvalue weighted by molar-refractivity contribution is 5.93. The van der Waals surface area contributed by atoms with E-state index in [-0.39, 0.29) is 5.91 Å². The molecule has 0 radical (unpaired) electrons. The molecule has 0 aromatic carbocycles. The van der Waals surface area contributed by atoms with Crippen molar-refractivity contribution < 1.29 is 4.79 Å². The molecule has 0 bridgehead atoms. The number of nitrogens with zero attached hydrogens (tertiary/aromatic N) is 3. The molecule has 0 spiro atoms. The van der Waals surface area contributed by atoms with Crippen LogP contribution in [0.5, 0.6) is 0 Å². The van der Waals surface area contributed by atoms with E-state index in [1.165, 1.54) is 51.7 Å². The van der Waals surface area contributed by atoms with Gasteiger partial charge in [-0.05, 0) is 44.7 Å². The van der Waals surface area contributed by atoms with E-state index < -0.39 is 0 Å². The first-order valence-corrected chi connectivity index (χ1v) is 9.51. The fourth-order valence-corrected chi connectivity index (χ4v) is 4.93. The Morgan fingerprint density at radius 2 is 2.12 bits per heavy atom. The second-order valence-electron chi connectivity index (χ2n) is 7.59. The smallest absolute Gasteiger partial charge is 0.271 e. The van der Waals surface area contributed by atoms with Crippen LogP contribution in [0, 0.1) is 5.92 Å². The normalized spacial score (nSPS) is 28.2. The van der Waals surface area contributed by atoms with Gasteiger partial charge in [-0.3, -0.25) is 14.8 Å². The molecule has 4 rings (SSSR count). The lowest BCUT2D eigenvalue weighted by Gasteiger charge is -2.46. The predicted molar refractivity (Wildman–Crippen MR) is 92.9 cm³/mol. The van der Waals surface area contributed by atoms with Crippen molar-refractivity contribution in [3.63, 3.8) is 0 Å². The number of fused-ring (bicyclic) bond motifs is 2. The molecule has 24 heavy (non-hydrogen) atoms. The minimum absolute atomic E-state index is 0.0783. The second kappa shape index (κ2) is 6.84. The average Bonchev–Trinajstić information content (AvgIpc) is 3.05. The fourth-order valence-electron chi connectivity index (χ4n) is 4.93. The molecule has 1 aromatic rings. The summed E-state index contributed by atoms with van der Waals surface area (Å²) in [6.07, 6.45) is 7.82. The molecule has 132 valence electrons. The van der Waals surface area contributed by atoms with Gasteiger partial charge >= 0.3 is 0 Å². The molecule has 1 amide bonds. The Morgan fingerprint density at radius 3 is 3.00 bits per heavy atom. The van der Waals surface area contributed by atoms with Crippen LogP contribution in [0.15, 0.2) is 0 Å². The van der Waals surface area contributed by atoms with E-state index in [0.717, 1.165) is 42.7 Å². The van der Waals surface area contributed by atoms with Gasteiger partial charge in [-0.15, -0.1) is 0 Å². The first-order valence-electron chi connectivity index (χ1n) is 9.51. The van der Waals surface area contributed by atoms with Gasteiger partial charge in [0.1, 0.15) is 0 Å². The van der Waals surface area contributed by atoms with Gasteiger partial charge in [0, 0.05) is 50.4 Å². The highest BCUT2D eigenvalue weighted by Crippen LogP contribution is 2.32. The molecule has 6 nitrogen and oxygen atoms in total. The van der Waals surface area contributed by atoms with Crippen LogP contribution in [0.3, 0.4) is 0 Å². The van der Waals surface area contributed by atoms with Crippen molar-refractivity contribution in [3.05, 3.63) is 17.0 Å². The number of aromatic nitrogens is 2. The van der Waals surface area contributed by atoms with E-state index in [4.69, 9.17) is 0 Å². The monoisotopic (exact) mass is 331 g/mol. The van der Waals surface area contributed by atoms with Crippen molar-refractivity contribution in [3.8, 4) is 0 Å². The molecule has 2 fully saturated rings. The largest absolute Gasteiger partial charge is 0.354 e. The van der Waals surface area contributed by atoms with E-state index in [1.807, 2.05) is 0 Å². The van der Waals surface area contributed by atoms with Crippen molar-refractivity contribution in [2.75, 3.05) is 33.2 Å². The standard InChI is InChI=1S/C18H29N5O/c1-19-18(24)17-14-12-22(10-7-15(14)20-21-17)11-13-5-4-9-23-8-3-2-6-16(13)23/h13,16H,2-12H2,1H3,(H,19,24)(H,20,21)/t13-,16+/m0/s1. The molecule has 3 aliphatic heterocycles. The van der Waals surface area contributed by atoms with Crippen molar-refractivity contribution in [2.45, 2.75) is 51.1 Å². The van der Waals surface area contributed by atoms with Crippen LogP contribution in [0.2, 0.25) is 0 Å². The first-order chi connectivity index (χ1) is 11.8. The predicted octanol–water partition coefficient (Wildman–Crippen LogP) is 1.39. The molecule has 1 aromatic heterocycles. The van der Waals surface area contributed by atoms with Crippen LogP contribution >= 0.6 is 0 Å². The van der Waals surface area contributed by atoms with Crippen LogP contribution in [0.25, 0.3) is 0 Å². The topological polar surface area (TPSA) is 64.3 Å². The van der Waals surface area contributed by atoms with Gasteiger partial charge in [0.2, 0.25) is 0 Å². The Kier molecular flexibility index (Phi) is 4.59. The molecule has 6 heteroatoms. The fraction of sp³-hybridized carbons (Fsp3) is 0.778. The second-order valence-corrected chi connectivity index (χ2v) is 7.59. The minimum Gasteiger partial charge on any atom is -0.354 e. The summed E-state index contributed by atoms with van der Waals surface area (Å²) in [4.78, 5) is 17.3. The summed E-state index contributed by atoms with van der Waals surface area (Å²) in [7, 11) is 1.67. The Hall–Kier alpha value is -1.40. The number of aromatic amines is 1. The van der Waals surface area contributed by atoms with Gasteiger partial charge in [0.15, 0.2) is 5.69 Å². The number of piperidine rings is 2. The highest BCUT2D eigenvalue weighted by atomic mass is 16.1. The SMILES string of the molecule is CNC(=O)c1n[nH]c2c1CN(C[C@@H]1CCCN3CCCC[C@H]13)CC2. The van der Waals surface area contributed by atoms with E-state index >= 15 is 0 Å². The van der Waals surface area contributed by atoms with Crippen molar-refractivity contribution in [1.29, 1.82) is 0 Å². The Balaban J connectivity index is 1.45. The van der Waals surface area contributed by atoms with Gasteiger partial charge in [0.05, 0.1) is 0 Å². The summed E-state index contributed by atoms with van der Waals surface area (Å²) >= 11 is 0. The molecular formula is C18H29N5O. The molecule has 0 aliphatic carbocycles. The number of hydrogen-bond donors (Lipinski definition) is 2. The zero-order chi connectivity index (χ0) is 16.5. The summed E-state index contributed by atoms with van der Waals surface area (Å²) in [5.74, 6) is 0.710. The maximum absolute atomic E-state index is 12.0. The Bertz CT molecular complexity index is 596. The number of carbonyl (C=O) groups excluding carboxylic acids is 1. The molecule has 0 saturated carbocycles. The van der Waals surface area contributed by atoms with Crippen LogP contribution in [-0.2, 0) is 13.0 Å². The van der Waals surface area contributed by atoms with E-state index in [1.54, 1.807) is 7.05 Å². The maximum Gasteiger partial charge on any atom is 0.271 e. The Labute approximate surface area is 144 Å². The molecule has 3 aliphatic rings. The lowest BCUT2D eigenvalue weighted by molar-refractivity contribution is 0.0379. The third-order valence-corrected chi connectivity index (χ3v) is 6.18. The third kappa shape index (κ3) is 2.97. The number of carbonyl (C=O) groups is 1. The van der Waals surface area contributed by atoms with Crippen LogP contribution < -0.4 is 5.32 Å². The maximum atomic E-state index is 12.0. The van der Waals surface area contributed by atoms with Gasteiger partial charge in [-0.2, -0.15) is 5.10 Å². The van der Waals surface area contributed by atoms with Gasteiger partial charge in [-0.25, -0.2) is 0 Å². The summed E-state index contributed by atoms with van der Waals surface area (Å²) < 4.78 is 0. The van der Waals surface area contributed by atoms with Crippen LogP contribution in [-0.4, -0.2) is 65.2 Å². The quantitative estimate of drug-likeness (QED) is 0.879. The molecule has 4 heterocycles. The van der Waals surface area contributed by atoms with Gasteiger partial charge in [-0.1, -0.05) is 6.42 Å². The molecule has 2 atom stereocenters. The number of nitrogens with one attached hydrogen (secondary N) is 2. The van der Waals surface area contributed by atoms with Crippen molar-refractivity contribution in [1.82, 2.24) is 25.3 Å². The summed E-state index contributed by atoms with van der Waals surface area (Å²) in [5, 5.41) is 10.0.